The molecule has 0 spiro atoms. The van der Waals surface area contributed by atoms with Crippen LogP contribution in [0.2, 0.25) is 0 Å². The number of urea groups is 1. The fraction of sp³-hybridized carbons (Fsp3) is 0.333. The predicted octanol–water partition coefficient (Wildman–Crippen LogP) is 4.12. The van der Waals surface area contributed by atoms with Gasteiger partial charge in [-0.15, -0.1) is 23.5 Å². The average Bonchev–Trinajstić information content (AvgIpc) is 2.77. The smallest absolute Gasteiger partial charge is 0.319 e. The van der Waals surface area contributed by atoms with E-state index in [2.05, 4.69) is 22.0 Å². The summed E-state index contributed by atoms with van der Waals surface area (Å²) in [5, 5.41) is 8.40. The fourth-order valence-corrected chi connectivity index (χ4v) is 5.69. The van der Waals surface area contributed by atoms with Gasteiger partial charge in [-0.25, -0.2) is 4.79 Å². The number of hydrogen-bond acceptors (Lipinski definition) is 5. The van der Waals surface area contributed by atoms with Crippen molar-refractivity contribution in [1.29, 1.82) is 0 Å². The molecular weight excluding hydrogens is 406 g/mol. The summed E-state index contributed by atoms with van der Waals surface area (Å²) in [5.41, 5.74) is 2.55. The second-order valence-electron chi connectivity index (χ2n) is 6.42. The molecule has 2 aromatic rings. The highest BCUT2D eigenvalue weighted by Gasteiger charge is 2.17. The zero-order chi connectivity index (χ0) is 20.5. The van der Waals surface area contributed by atoms with E-state index < -0.39 is 0 Å². The van der Waals surface area contributed by atoms with E-state index in [1.807, 2.05) is 41.7 Å². The molecular formula is C21H25N3O3S2. The van der Waals surface area contributed by atoms with E-state index in [1.165, 1.54) is 23.5 Å². The van der Waals surface area contributed by atoms with Crippen molar-refractivity contribution in [3.63, 3.8) is 0 Å². The first-order valence-electron chi connectivity index (χ1n) is 9.46. The summed E-state index contributed by atoms with van der Waals surface area (Å²) in [7, 11) is 1.58. The number of carbonyl (C=O) groups is 2. The van der Waals surface area contributed by atoms with Crippen LogP contribution in [0.5, 0.6) is 5.75 Å². The molecule has 0 aliphatic carbocycles. The number of benzene rings is 2. The molecule has 3 N–H and O–H groups in total. The second kappa shape index (κ2) is 11.0. The molecule has 0 saturated carbocycles. The Morgan fingerprint density at radius 1 is 1.03 bits per heavy atom. The summed E-state index contributed by atoms with van der Waals surface area (Å²) < 4.78 is 5.51. The maximum Gasteiger partial charge on any atom is 0.319 e. The molecule has 0 atom stereocenters. The summed E-state index contributed by atoms with van der Waals surface area (Å²) in [5.74, 6) is 2.87. The Bertz CT molecular complexity index is 824. The maximum absolute atomic E-state index is 12.1. The van der Waals surface area contributed by atoms with Crippen molar-refractivity contribution in [2.45, 2.75) is 11.0 Å². The number of amides is 3. The van der Waals surface area contributed by atoms with Crippen LogP contribution in [0.1, 0.15) is 26.9 Å². The predicted molar refractivity (Wildman–Crippen MR) is 121 cm³/mol. The van der Waals surface area contributed by atoms with Gasteiger partial charge in [0.15, 0.2) is 0 Å². The number of ether oxygens (including phenoxy) is 1. The van der Waals surface area contributed by atoms with Crippen molar-refractivity contribution in [3.05, 3.63) is 59.7 Å². The number of thioether (sulfide) groups is 2. The van der Waals surface area contributed by atoms with Crippen molar-refractivity contribution in [2.75, 3.05) is 37.0 Å². The minimum absolute atomic E-state index is 0.190. The number of methoxy groups -OCH3 is 1. The van der Waals surface area contributed by atoms with Gasteiger partial charge in [-0.1, -0.05) is 12.1 Å². The zero-order valence-corrected chi connectivity index (χ0v) is 17.9. The lowest BCUT2D eigenvalue weighted by molar-refractivity contribution is 0.0954. The minimum Gasteiger partial charge on any atom is -0.497 e. The summed E-state index contributed by atoms with van der Waals surface area (Å²) in [4.78, 5) is 24.2. The quantitative estimate of drug-likeness (QED) is 0.575. The number of nitrogens with one attached hydrogen (secondary N) is 3. The van der Waals surface area contributed by atoms with Gasteiger partial charge in [0.1, 0.15) is 5.75 Å². The molecule has 0 bridgehead atoms. The molecule has 0 unspecified atom stereocenters. The number of anilines is 1. The molecule has 1 aliphatic heterocycles. The lowest BCUT2D eigenvalue weighted by Gasteiger charge is -2.21. The van der Waals surface area contributed by atoms with Gasteiger partial charge < -0.3 is 20.7 Å². The van der Waals surface area contributed by atoms with E-state index >= 15 is 0 Å². The molecule has 2 aromatic carbocycles. The van der Waals surface area contributed by atoms with Crippen LogP contribution in [0.15, 0.2) is 48.5 Å². The highest BCUT2D eigenvalue weighted by molar-refractivity contribution is 8.16. The number of hydrogen-bond donors (Lipinski definition) is 3. The van der Waals surface area contributed by atoms with Gasteiger partial charge in [-0.3, -0.25) is 4.79 Å². The molecule has 1 heterocycles. The molecule has 6 nitrogen and oxygen atoms in total. The highest BCUT2D eigenvalue weighted by atomic mass is 32.2. The van der Waals surface area contributed by atoms with E-state index in [0.29, 0.717) is 29.0 Å². The highest BCUT2D eigenvalue weighted by Crippen LogP contribution is 2.43. The summed E-state index contributed by atoms with van der Waals surface area (Å²) in [6.07, 6.45) is 1.25. The van der Waals surface area contributed by atoms with Crippen LogP contribution in [0, 0.1) is 0 Å². The molecule has 1 saturated heterocycles. The van der Waals surface area contributed by atoms with Crippen LogP contribution < -0.4 is 20.7 Å². The SMILES string of the molecule is COc1ccc(C(=O)NCCNC(=O)Nc2cccc(C3SCCCS3)c2)cc1. The minimum atomic E-state index is -0.287. The standard InChI is InChI=1S/C21H25N3O3S2/c1-27-18-8-6-15(7-9-18)19(25)22-10-11-23-21(26)24-17-5-2-4-16(14-17)20-28-12-3-13-29-20/h2,4-9,14,20H,3,10-13H2,1H3,(H,22,25)(H2,23,24,26). The first-order chi connectivity index (χ1) is 14.2. The van der Waals surface area contributed by atoms with Crippen LogP contribution in [0.3, 0.4) is 0 Å². The normalized spacial score (nSPS) is 14.1. The Morgan fingerprint density at radius 2 is 1.76 bits per heavy atom. The van der Waals surface area contributed by atoms with Crippen molar-refractivity contribution < 1.29 is 14.3 Å². The zero-order valence-electron chi connectivity index (χ0n) is 16.3. The third kappa shape index (κ3) is 6.61. The van der Waals surface area contributed by atoms with Gasteiger partial charge >= 0.3 is 6.03 Å². The van der Waals surface area contributed by atoms with Crippen molar-refractivity contribution >= 4 is 41.1 Å². The van der Waals surface area contributed by atoms with Gasteiger partial charge in [0, 0.05) is 24.3 Å². The van der Waals surface area contributed by atoms with Crippen LogP contribution in [-0.2, 0) is 0 Å². The van der Waals surface area contributed by atoms with Crippen LogP contribution in [0.4, 0.5) is 10.5 Å². The van der Waals surface area contributed by atoms with Gasteiger partial charge in [-0.05, 0) is 59.9 Å². The molecule has 1 fully saturated rings. The van der Waals surface area contributed by atoms with Gasteiger partial charge in [0.2, 0.25) is 0 Å². The van der Waals surface area contributed by atoms with Crippen molar-refractivity contribution in [3.8, 4) is 5.75 Å². The first kappa shape index (κ1) is 21.4. The maximum atomic E-state index is 12.1. The Morgan fingerprint density at radius 3 is 2.48 bits per heavy atom. The Balaban J connectivity index is 1.40. The molecule has 29 heavy (non-hydrogen) atoms. The molecule has 0 radical (unpaired) electrons. The molecule has 154 valence electrons. The largest absolute Gasteiger partial charge is 0.497 e. The van der Waals surface area contributed by atoms with E-state index in [1.54, 1.807) is 31.4 Å². The van der Waals surface area contributed by atoms with E-state index in [-0.39, 0.29) is 11.9 Å². The molecule has 8 heteroatoms. The lowest BCUT2D eigenvalue weighted by atomic mass is 10.2. The summed E-state index contributed by atoms with van der Waals surface area (Å²) in [6, 6.07) is 14.6. The Kier molecular flexibility index (Phi) is 8.13. The molecule has 1 aliphatic rings. The van der Waals surface area contributed by atoms with Gasteiger partial charge in [-0.2, -0.15) is 0 Å². The lowest BCUT2D eigenvalue weighted by Crippen LogP contribution is -2.36. The molecule has 3 rings (SSSR count). The summed E-state index contributed by atoms with van der Waals surface area (Å²) in [6.45, 7) is 0.676. The molecule has 0 aromatic heterocycles. The van der Waals surface area contributed by atoms with E-state index in [4.69, 9.17) is 4.74 Å². The Labute approximate surface area is 179 Å². The third-order valence-electron chi connectivity index (χ3n) is 4.29. The van der Waals surface area contributed by atoms with E-state index in [0.717, 1.165) is 5.69 Å². The Hall–Kier alpha value is -2.32. The topological polar surface area (TPSA) is 79.5 Å². The van der Waals surface area contributed by atoms with Crippen LogP contribution in [0.25, 0.3) is 0 Å². The van der Waals surface area contributed by atoms with Crippen LogP contribution >= 0.6 is 23.5 Å². The number of carbonyl (C=O) groups excluding carboxylic acids is 2. The van der Waals surface area contributed by atoms with Gasteiger partial charge in [0.05, 0.1) is 11.7 Å². The summed E-state index contributed by atoms with van der Waals surface area (Å²) >= 11 is 3.90. The van der Waals surface area contributed by atoms with Crippen molar-refractivity contribution in [2.24, 2.45) is 0 Å². The third-order valence-corrected chi connectivity index (χ3v) is 7.31. The first-order valence-corrected chi connectivity index (χ1v) is 11.6. The number of rotatable bonds is 7. The van der Waals surface area contributed by atoms with Crippen LogP contribution in [-0.4, -0.2) is 43.6 Å². The van der Waals surface area contributed by atoms with Crippen molar-refractivity contribution in [1.82, 2.24) is 10.6 Å². The molecule has 3 amide bonds. The second-order valence-corrected chi connectivity index (χ2v) is 9.14. The monoisotopic (exact) mass is 431 g/mol. The van der Waals surface area contributed by atoms with E-state index in [9.17, 15) is 9.59 Å². The average molecular weight is 432 g/mol. The fourth-order valence-electron chi connectivity index (χ4n) is 2.82. The van der Waals surface area contributed by atoms with Gasteiger partial charge in [0.25, 0.3) is 5.91 Å².